The lowest BCUT2D eigenvalue weighted by Crippen LogP contribution is -2.21. The van der Waals surface area contributed by atoms with Gasteiger partial charge in [0.25, 0.3) is 0 Å². The summed E-state index contributed by atoms with van der Waals surface area (Å²) >= 11 is 0. The maximum Gasteiger partial charge on any atom is 0.170 e. The van der Waals surface area contributed by atoms with Crippen LogP contribution >= 0.6 is 0 Å². The molecule has 1 aromatic carbocycles. The van der Waals surface area contributed by atoms with Crippen LogP contribution in [0.1, 0.15) is 48.7 Å². The first kappa shape index (κ1) is 12.2. The Morgan fingerprint density at radius 3 is 2.80 bits per heavy atom. The summed E-state index contributed by atoms with van der Waals surface area (Å²) in [6, 6.07) is 7.95. The predicted molar refractivity (Wildman–Crippen MR) is 78.9 cm³/mol. The monoisotopic (exact) mass is 268 g/mol. The molecular formula is C18H20O2. The van der Waals surface area contributed by atoms with E-state index in [2.05, 4.69) is 6.92 Å². The summed E-state index contributed by atoms with van der Waals surface area (Å²) in [6.07, 6.45) is 5.75. The van der Waals surface area contributed by atoms with Crippen molar-refractivity contribution in [2.45, 2.75) is 39.0 Å². The molecule has 0 aliphatic heterocycles. The average Bonchev–Trinajstić information content (AvgIpc) is 3.18. The van der Waals surface area contributed by atoms with Crippen molar-refractivity contribution >= 4 is 16.8 Å². The van der Waals surface area contributed by atoms with E-state index < -0.39 is 0 Å². The number of Topliss-reactive ketones (excluding diaryl/α,β-unsaturated/α-hetero) is 1. The van der Waals surface area contributed by atoms with Crippen molar-refractivity contribution in [2.24, 2.45) is 17.8 Å². The zero-order valence-electron chi connectivity index (χ0n) is 11.9. The fourth-order valence-electron chi connectivity index (χ4n) is 4.37. The summed E-state index contributed by atoms with van der Waals surface area (Å²) in [6.45, 7) is 2.06. The van der Waals surface area contributed by atoms with Crippen LogP contribution in [0, 0.1) is 17.8 Å². The van der Waals surface area contributed by atoms with E-state index in [4.69, 9.17) is 4.42 Å². The summed E-state index contributed by atoms with van der Waals surface area (Å²) in [7, 11) is 0. The molecule has 3 unspecified atom stereocenters. The Morgan fingerprint density at radius 2 is 2.10 bits per heavy atom. The lowest BCUT2D eigenvalue weighted by Gasteiger charge is -2.20. The van der Waals surface area contributed by atoms with Crippen LogP contribution in [0.15, 0.2) is 28.7 Å². The minimum atomic E-state index is 0.250. The highest BCUT2D eigenvalue weighted by atomic mass is 16.3. The Bertz CT molecular complexity index is 667. The Balaban J connectivity index is 1.79. The van der Waals surface area contributed by atoms with E-state index in [0.717, 1.165) is 41.1 Å². The molecule has 2 nitrogen and oxygen atoms in total. The molecule has 2 fully saturated rings. The van der Waals surface area contributed by atoms with Crippen LogP contribution in [0.2, 0.25) is 0 Å². The van der Waals surface area contributed by atoms with Crippen LogP contribution < -0.4 is 0 Å². The van der Waals surface area contributed by atoms with Gasteiger partial charge < -0.3 is 4.42 Å². The maximum absolute atomic E-state index is 13.0. The largest absolute Gasteiger partial charge is 0.460 e. The average molecular weight is 268 g/mol. The number of aryl methyl sites for hydroxylation is 1. The fourth-order valence-corrected chi connectivity index (χ4v) is 4.37. The van der Waals surface area contributed by atoms with Gasteiger partial charge in [-0.05, 0) is 37.2 Å². The number of carbonyl (C=O) groups excluding carboxylic acids is 1. The lowest BCUT2D eigenvalue weighted by molar-refractivity contribution is 0.0874. The normalized spacial score (nSPS) is 28.4. The van der Waals surface area contributed by atoms with Gasteiger partial charge in [0, 0.05) is 17.7 Å². The Morgan fingerprint density at radius 1 is 1.25 bits per heavy atom. The summed E-state index contributed by atoms with van der Waals surface area (Å²) in [5.41, 5.74) is 1.73. The number of hydrogen-bond acceptors (Lipinski definition) is 2. The van der Waals surface area contributed by atoms with Gasteiger partial charge in [0.2, 0.25) is 0 Å². The maximum atomic E-state index is 13.0. The molecule has 3 atom stereocenters. The first-order valence-corrected chi connectivity index (χ1v) is 7.82. The van der Waals surface area contributed by atoms with Gasteiger partial charge >= 0.3 is 0 Å². The number of fused-ring (bicyclic) bond motifs is 3. The number of ketones is 1. The van der Waals surface area contributed by atoms with E-state index in [1.54, 1.807) is 0 Å². The first-order valence-electron chi connectivity index (χ1n) is 7.82. The molecule has 2 aliphatic rings. The van der Waals surface area contributed by atoms with E-state index in [-0.39, 0.29) is 5.92 Å². The molecule has 0 amide bonds. The topological polar surface area (TPSA) is 30.2 Å². The van der Waals surface area contributed by atoms with Gasteiger partial charge in [-0.1, -0.05) is 31.5 Å². The van der Waals surface area contributed by atoms with Crippen LogP contribution in [-0.4, -0.2) is 5.78 Å². The molecule has 20 heavy (non-hydrogen) atoms. The van der Waals surface area contributed by atoms with Gasteiger partial charge in [-0.3, -0.25) is 4.79 Å². The van der Waals surface area contributed by atoms with Crippen molar-refractivity contribution in [3.05, 3.63) is 35.6 Å². The minimum Gasteiger partial charge on any atom is -0.460 e. The molecule has 1 aromatic heterocycles. The Labute approximate surface area is 119 Å². The zero-order chi connectivity index (χ0) is 13.7. The van der Waals surface area contributed by atoms with Crippen molar-refractivity contribution < 1.29 is 9.21 Å². The molecule has 2 heteroatoms. The molecular weight excluding hydrogens is 248 g/mol. The number of para-hydroxylation sites is 1. The van der Waals surface area contributed by atoms with Crippen molar-refractivity contribution in [3.63, 3.8) is 0 Å². The summed E-state index contributed by atoms with van der Waals surface area (Å²) in [5, 5.41) is 1.01. The van der Waals surface area contributed by atoms with Crippen LogP contribution in [0.25, 0.3) is 11.0 Å². The fraction of sp³-hybridized carbons (Fsp3) is 0.500. The lowest BCUT2D eigenvalue weighted by atomic mass is 9.82. The van der Waals surface area contributed by atoms with Gasteiger partial charge in [-0.2, -0.15) is 0 Å². The van der Waals surface area contributed by atoms with E-state index in [1.165, 1.54) is 19.3 Å². The molecule has 0 radical (unpaired) electrons. The highest BCUT2D eigenvalue weighted by molar-refractivity contribution is 6.09. The third-order valence-electron chi connectivity index (χ3n) is 5.31. The Kier molecular flexibility index (Phi) is 2.73. The third-order valence-corrected chi connectivity index (χ3v) is 5.31. The second-order valence-electron chi connectivity index (χ2n) is 6.40. The van der Waals surface area contributed by atoms with Crippen LogP contribution in [0.5, 0.6) is 0 Å². The van der Waals surface area contributed by atoms with Gasteiger partial charge in [0.15, 0.2) is 5.78 Å². The number of hydrogen-bond donors (Lipinski definition) is 0. The number of carbonyl (C=O) groups is 1. The Hall–Kier alpha value is -1.57. The number of benzene rings is 1. The summed E-state index contributed by atoms with van der Waals surface area (Å²) in [5.74, 6) is 2.90. The van der Waals surface area contributed by atoms with Crippen LogP contribution in [0.4, 0.5) is 0 Å². The van der Waals surface area contributed by atoms with E-state index in [1.807, 2.05) is 24.3 Å². The molecule has 2 saturated carbocycles. The smallest absolute Gasteiger partial charge is 0.170 e. The first-order chi connectivity index (χ1) is 9.78. The molecule has 104 valence electrons. The second kappa shape index (κ2) is 4.47. The van der Waals surface area contributed by atoms with Crippen molar-refractivity contribution in [2.75, 3.05) is 0 Å². The van der Waals surface area contributed by atoms with Crippen LogP contribution in [0.3, 0.4) is 0 Å². The summed E-state index contributed by atoms with van der Waals surface area (Å²) in [4.78, 5) is 13.0. The molecule has 1 heterocycles. The van der Waals surface area contributed by atoms with Crippen LogP contribution in [-0.2, 0) is 6.42 Å². The standard InChI is InChI=1S/C18H20O2/c1-2-15-17(13-5-3-4-6-16(13)20-15)18(19)14-10-11-7-8-12(14)9-11/h3-6,11-12,14H,2,7-10H2,1H3. The molecule has 4 rings (SSSR count). The molecule has 2 bridgehead atoms. The van der Waals surface area contributed by atoms with E-state index >= 15 is 0 Å². The molecule has 0 N–H and O–H groups in total. The zero-order valence-corrected chi connectivity index (χ0v) is 11.9. The molecule has 0 spiro atoms. The van der Waals surface area contributed by atoms with Crippen molar-refractivity contribution in [1.29, 1.82) is 0 Å². The van der Waals surface area contributed by atoms with E-state index in [9.17, 15) is 4.79 Å². The molecule has 0 saturated heterocycles. The van der Waals surface area contributed by atoms with Crippen molar-refractivity contribution in [1.82, 2.24) is 0 Å². The van der Waals surface area contributed by atoms with Gasteiger partial charge in [0.05, 0.1) is 5.56 Å². The van der Waals surface area contributed by atoms with Gasteiger partial charge in [0.1, 0.15) is 11.3 Å². The summed E-state index contributed by atoms with van der Waals surface area (Å²) < 4.78 is 5.89. The predicted octanol–water partition coefficient (Wildman–Crippen LogP) is 4.61. The number of furan rings is 1. The SMILES string of the molecule is CCc1oc2ccccc2c1C(=O)C1CC2CCC1C2. The molecule has 2 aromatic rings. The molecule has 2 aliphatic carbocycles. The van der Waals surface area contributed by atoms with E-state index in [0.29, 0.717) is 11.7 Å². The van der Waals surface area contributed by atoms with Crippen molar-refractivity contribution in [3.8, 4) is 0 Å². The third kappa shape index (κ3) is 1.67. The number of rotatable bonds is 3. The minimum absolute atomic E-state index is 0.250. The van der Waals surface area contributed by atoms with Gasteiger partial charge in [-0.15, -0.1) is 0 Å². The van der Waals surface area contributed by atoms with Gasteiger partial charge in [-0.25, -0.2) is 0 Å². The second-order valence-corrected chi connectivity index (χ2v) is 6.40. The highest BCUT2D eigenvalue weighted by Gasteiger charge is 2.44. The quantitative estimate of drug-likeness (QED) is 0.761. The highest BCUT2D eigenvalue weighted by Crippen LogP contribution is 2.50.